The average molecular weight is 288 g/mol. The second kappa shape index (κ2) is 7.95. The van der Waals surface area contributed by atoms with E-state index in [-0.39, 0.29) is 0 Å². The van der Waals surface area contributed by atoms with Gasteiger partial charge in [0.15, 0.2) is 0 Å². The summed E-state index contributed by atoms with van der Waals surface area (Å²) in [4.78, 5) is 2.66. The van der Waals surface area contributed by atoms with E-state index in [1.807, 2.05) is 0 Å². The lowest BCUT2D eigenvalue weighted by Crippen LogP contribution is -2.39. The summed E-state index contributed by atoms with van der Waals surface area (Å²) < 4.78 is 0. The van der Waals surface area contributed by atoms with Crippen LogP contribution in [0.3, 0.4) is 0 Å². The van der Waals surface area contributed by atoms with Gasteiger partial charge in [-0.3, -0.25) is 0 Å². The summed E-state index contributed by atoms with van der Waals surface area (Å²) in [6.45, 7) is 12.7. The summed E-state index contributed by atoms with van der Waals surface area (Å²) in [6.07, 6.45) is 5.43. The normalized spacial score (nSPS) is 21.4. The maximum absolute atomic E-state index is 3.67. The molecule has 1 aromatic carbocycles. The number of piperidine rings is 1. The van der Waals surface area contributed by atoms with Crippen LogP contribution in [-0.4, -0.2) is 30.6 Å². The van der Waals surface area contributed by atoms with E-state index in [1.165, 1.54) is 55.5 Å². The van der Waals surface area contributed by atoms with E-state index in [1.54, 1.807) is 0 Å². The van der Waals surface area contributed by atoms with Gasteiger partial charge < -0.3 is 10.2 Å². The Kier molecular flexibility index (Phi) is 6.25. The molecule has 1 N–H and O–H groups in total. The van der Waals surface area contributed by atoms with Gasteiger partial charge in [0.05, 0.1) is 0 Å². The minimum Gasteiger partial charge on any atom is -0.310 e. The van der Waals surface area contributed by atoms with E-state index in [2.05, 4.69) is 56.1 Å². The molecule has 2 rings (SSSR count). The molecule has 0 saturated carbocycles. The van der Waals surface area contributed by atoms with Crippen LogP contribution in [0.25, 0.3) is 0 Å². The molecule has 0 bridgehead atoms. The van der Waals surface area contributed by atoms with Crippen molar-refractivity contribution in [1.29, 1.82) is 0 Å². The molecule has 0 spiro atoms. The van der Waals surface area contributed by atoms with Crippen LogP contribution >= 0.6 is 0 Å². The molecule has 0 aromatic heterocycles. The first kappa shape index (κ1) is 16.5. The zero-order chi connectivity index (χ0) is 15.2. The number of aryl methyl sites for hydroxylation is 2. The molecule has 0 radical (unpaired) electrons. The van der Waals surface area contributed by atoms with Gasteiger partial charge in [-0.15, -0.1) is 0 Å². The number of nitrogens with one attached hydrogen (secondary N) is 1. The Bertz CT molecular complexity index is 441. The van der Waals surface area contributed by atoms with Crippen molar-refractivity contribution in [3.8, 4) is 0 Å². The maximum atomic E-state index is 3.67. The molecular formula is C19H32N2. The fourth-order valence-electron chi connectivity index (χ4n) is 3.24. The molecule has 21 heavy (non-hydrogen) atoms. The second-order valence-electron chi connectivity index (χ2n) is 6.75. The van der Waals surface area contributed by atoms with Crippen molar-refractivity contribution in [3.63, 3.8) is 0 Å². The summed E-state index contributed by atoms with van der Waals surface area (Å²) in [6, 6.07) is 8.05. The van der Waals surface area contributed by atoms with Crippen LogP contribution in [0, 0.1) is 13.8 Å². The molecule has 1 aliphatic heterocycles. The van der Waals surface area contributed by atoms with Gasteiger partial charge in [-0.25, -0.2) is 0 Å². The van der Waals surface area contributed by atoms with Crippen LogP contribution in [0.15, 0.2) is 18.2 Å². The van der Waals surface area contributed by atoms with Crippen LogP contribution in [-0.2, 0) is 0 Å². The third-order valence-corrected chi connectivity index (χ3v) is 5.04. The van der Waals surface area contributed by atoms with Gasteiger partial charge in [-0.2, -0.15) is 0 Å². The molecule has 2 unspecified atom stereocenters. The van der Waals surface area contributed by atoms with E-state index >= 15 is 0 Å². The molecule has 118 valence electrons. The van der Waals surface area contributed by atoms with Crippen molar-refractivity contribution >= 4 is 0 Å². The molecule has 1 fully saturated rings. The fraction of sp³-hybridized carbons (Fsp3) is 0.684. The summed E-state index contributed by atoms with van der Waals surface area (Å²) in [7, 11) is 0. The van der Waals surface area contributed by atoms with Gasteiger partial charge >= 0.3 is 0 Å². The zero-order valence-electron chi connectivity index (χ0n) is 14.3. The number of hydrogen-bond donors (Lipinski definition) is 1. The largest absolute Gasteiger partial charge is 0.310 e. The number of nitrogens with zero attached hydrogens (tertiary/aromatic N) is 1. The lowest BCUT2D eigenvalue weighted by molar-refractivity contribution is 0.158. The van der Waals surface area contributed by atoms with Crippen molar-refractivity contribution < 1.29 is 0 Å². The third-order valence-electron chi connectivity index (χ3n) is 5.04. The van der Waals surface area contributed by atoms with E-state index in [9.17, 15) is 0 Å². The molecule has 0 aliphatic carbocycles. The Labute approximate surface area is 130 Å². The first-order valence-corrected chi connectivity index (χ1v) is 8.62. The summed E-state index contributed by atoms with van der Waals surface area (Å²) >= 11 is 0. The smallest absolute Gasteiger partial charge is 0.0291 e. The Hall–Kier alpha value is -0.860. The molecule has 2 nitrogen and oxygen atoms in total. The quantitative estimate of drug-likeness (QED) is 0.789. The Morgan fingerprint density at radius 3 is 2.76 bits per heavy atom. The predicted molar refractivity (Wildman–Crippen MR) is 91.8 cm³/mol. The Balaban J connectivity index is 1.71. The minimum absolute atomic E-state index is 0.447. The number of benzene rings is 1. The first-order valence-electron chi connectivity index (χ1n) is 8.62. The number of rotatable bonds is 6. The van der Waals surface area contributed by atoms with E-state index in [4.69, 9.17) is 0 Å². The topological polar surface area (TPSA) is 15.3 Å². The van der Waals surface area contributed by atoms with Gasteiger partial charge in [-0.1, -0.05) is 24.6 Å². The van der Waals surface area contributed by atoms with Crippen molar-refractivity contribution in [2.24, 2.45) is 0 Å². The summed E-state index contributed by atoms with van der Waals surface area (Å²) in [5.74, 6) is 0. The monoisotopic (exact) mass is 288 g/mol. The van der Waals surface area contributed by atoms with E-state index < -0.39 is 0 Å². The molecule has 1 aliphatic rings. The summed E-state index contributed by atoms with van der Waals surface area (Å²) in [5, 5.41) is 3.67. The zero-order valence-corrected chi connectivity index (χ0v) is 14.3. The standard InChI is InChI=1S/C19H32N2/c1-15-9-10-19(14-16(15)2)18(4)20-11-7-13-21-12-6-5-8-17(21)3/h9-10,14,17-18,20H,5-8,11-13H2,1-4H3. The highest BCUT2D eigenvalue weighted by Gasteiger charge is 2.17. The lowest BCUT2D eigenvalue weighted by atomic mass is 10.0. The minimum atomic E-state index is 0.447. The molecular weight excluding hydrogens is 256 g/mol. The van der Waals surface area contributed by atoms with Crippen molar-refractivity contribution in [2.75, 3.05) is 19.6 Å². The third kappa shape index (κ3) is 4.82. The maximum Gasteiger partial charge on any atom is 0.0291 e. The predicted octanol–water partition coefficient (Wildman–Crippen LogP) is 4.22. The number of hydrogen-bond acceptors (Lipinski definition) is 2. The van der Waals surface area contributed by atoms with Crippen molar-refractivity contribution in [3.05, 3.63) is 34.9 Å². The van der Waals surface area contributed by atoms with Gasteiger partial charge in [0, 0.05) is 12.1 Å². The number of likely N-dealkylation sites (tertiary alicyclic amines) is 1. The second-order valence-corrected chi connectivity index (χ2v) is 6.75. The molecule has 1 aromatic rings. The molecule has 0 amide bonds. The molecule has 2 atom stereocenters. The van der Waals surface area contributed by atoms with Crippen LogP contribution < -0.4 is 5.32 Å². The van der Waals surface area contributed by atoms with Gasteiger partial charge in [0.1, 0.15) is 0 Å². The SMILES string of the molecule is Cc1ccc(C(C)NCCCN2CCCCC2C)cc1C. The van der Waals surface area contributed by atoms with E-state index in [0.717, 1.165) is 12.6 Å². The van der Waals surface area contributed by atoms with Crippen LogP contribution in [0.1, 0.15) is 62.3 Å². The van der Waals surface area contributed by atoms with Gasteiger partial charge in [0.2, 0.25) is 0 Å². The van der Waals surface area contributed by atoms with Gasteiger partial charge in [-0.05, 0) is 83.3 Å². The molecule has 2 heteroatoms. The van der Waals surface area contributed by atoms with Gasteiger partial charge in [0.25, 0.3) is 0 Å². The Morgan fingerprint density at radius 1 is 1.24 bits per heavy atom. The van der Waals surface area contributed by atoms with Crippen LogP contribution in [0.5, 0.6) is 0 Å². The fourth-order valence-corrected chi connectivity index (χ4v) is 3.24. The lowest BCUT2D eigenvalue weighted by Gasteiger charge is -2.33. The molecule has 1 saturated heterocycles. The van der Waals surface area contributed by atoms with Crippen LogP contribution in [0.4, 0.5) is 0 Å². The Morgan fingerprint density at radius 2 is 2.05 bits per heavy atom. The van der Waals surface area contributed by atoms with E-state index in [0.29, 0.717) is 6.04 Å². The van der Waals surface area contributed by atoms with Crippen molar-refractivity contribution in [1.82, 2.24) is 10.2 Å². The average Bonchev–Trinajstić information content (AvgIpc) is 2.48. The van der Waals surface area contributed by atoms with Crippen molar-refractivity contribution in [2.45, 2.75) is 65.5 Å². The molecule has 1 heterocycles. The highest BCUT2D eigenvalue weighted by molar-refractivity contribution is 5.31. The summed E-state index contributed by atoms with van der Waals surface area (Å²) in [5.41, 5.74) is 4.18. The first-order chi connectivity index (χ1) is 10.1. The highest BCUT2D eigenvalue weighted by atomic mass is 15.2. The van der Waals surface area contributed by atoms with Crippen LogP contribution in [0.2, 0.25) is 0 Å². The highest BCUT2D eigenvalue weighted by Crippen LogP contribution is 2.18.